The molecule has 96 valence electrons. The number of benzene rings is 2. The van der Waals surface area contributed by atoms with Crippen LogP contribution in [0.4, 0.5) is 5.69 Å². The first-order valence-electron chi connectivity index (χ1n) is 6.61. The van der Waals surface area contributed by atoms with Crippen molar-refractivity contribution in [2.75, 3.05) is 5.23 Å². The number of rotatable bonds is 0. The van der Waals surface area contributed by atoms with Gasteiger partial charge in [0.05, 0.1) is 0 Å². The quantitative estimate of drug-likeness (QED) is 0.713. The molecule has 0 radical (unpaired) electrons. The molecule has 0 bridgehead atoms. The predicted octanol–water partition coefficient (Wildman–Crippen LogP) is 4.01. The molecule has 0 aliphatic carbocycles. The van der Waals surface area contributed by atoms with Crippen LogP contribution in [0.15, 0.2) is 42.5 Å². The van der Waals surface area contributed by atoms with Crippen LogP contribution in [0, 0.1) is 0 Å². The Labute approximate surface area is 120 Å². The van der Waals surface area contributed by atoms with Crippen LogP contribution in [0.1, 0.15) is 26.3 Å². The third kappa shape index (κ3) is 2.15. The summed E-state index contributed by atoms with van der Waals surface area (Å²) in [6.45, 7) is 6.71. The topological polar surface area (TPSA) is 12.0 Å². The van der Waals surface area contributed by atoms with Crippen molar-refractivity contribution in [3.63, 3.8) is 0 Å². The van der Waals surface area contributed by atoms with Gasteiger partial charge in [-0.25, -0.2) is 0 Å². The lowest BCUT2D eigenvalue weighted by Gasteiger charge is -2.27. The zero-order chi connectivity index (χ0) is 13.6. The summed E-state index contributed by atoms with van der Waals surface area (Å²) in [5, 5.41) is 3.36. The molecule has 1 heterocycles. The average molecular weight is 270 g/mol. The number of fused-ring (bicyclic) bond motifs is 3. The predicted molar refractivity (Wildman–Crippen MR) is 85.4 cm³/mol. The van der Waals surface area contributed by atoms with E-state index < -0.39 is 0 Å². The Bertz CT molecular complexity index is 631. The Balaban J connectivity index is 2.21. The minimum Gasteiger partial charge on any atom is -0.410 e. The van der Waals surface area contributed by atoms with Crippen molar-refractivity contribution < 1.29 is 0 Å². The smallest absolute Gasteiger partial charge is 0.393 e. The second kappa shape index (κ2) is 4.31. The highest BCUT2D eigenvalue weighted by Gasteiger charge is 2.27. The molecular weight excluding hydrogens is 252 g/mol. The summed E-state index contributed by atoms with van der Waals surface area (Å²) in [6, 6.07) is 15.0. The summed E-state index contributed by atoms with van der Waals surface area (Å²) in [5.41, 5.74) is 6.26. The number of hydrogen-bond donors (Lipinski definition) is 1. The summed E-state index contributed by atoms with van der Waals surface area (Å²) in [7, 11) is 0. The number of nitrogens with one attached hydrogen (secondary N) is 1. The zero-order valence-electron chi connectivity index (χ0n) is 11.5. The van der Waals surface area contributed by atoms with Crippen LogP contribution in [-0.2, 0) is 5.41 Å². The highest BCUT2D eigenvalue weighted by Crippen LogP contribution is 2.35. The normalized spacial score (nSPS) is 13.6. The van der Waals surface area contributed by atoms with Crippen LogP contribution < -0.4 is 10.7 Å². The van der Waals surface area contributed by atoms with Crippen LogP contribution in [-0.4, -0.2) is 6.26 Å². The lowest BCUT2D eigenvalue weighted by molar-refractivity contribution is 0.590. The van der Waals surface area contributed by atoms with Crippen LogP contribution in [0.5, 0.6) is 0 Å². The standard InChI is InChI=1S/C16H17BClN/c1-16(2,3)11-8-9-15-13(10-11)12-6-4-5-7-14(12)17(18)19-15/h4-10,19H,1-3H3. The first-order valence-corrected chi connectivity index (χ1v) is 7.05. The van der Waals surface area contributed by atoms with Crippen molar-refractivity contribution in [3.05, 3.63) is 48.0 Å². The summed E-state index contributed by atoms with van der Waals surface area (Å²) in [5.74, 6) is 0. The molecule has 1 aliphatic heterocycles. The molecule has 3 heteroatoms. The molecule has 0 atom stereocenters. The van der Waals surface area contributed by atoms with Crippen LogP contribution in [0.2, 0.25) is 0 Å². The zero-order valence-corrected chi connectivity index (χ0v) is 12.3. The summed E-state index contributed by atoms with van der Waals surface area (Å²) in [6.07, 6.45) is -0.149. The molecule has 0 saturated carbocycles. The lowest BCUT2D eigenvalue weighted by Crippen LogP contribution is -2.38. The molecule has 2 aromatic carbocycles. The first kappa shape index (κ1) is 12.6. The van der Waals surface area contributed by atoms with Crippen molar-refractivity contribution in [1.82, 2.24) is 0 Å². The molecule has 3 rings (SSSR count). The molecule has 1 nitrogen and oxygen atoms in total. The molecule has 19 heavy (non-hydrogen) atoms. The van der Waals surface area contributed by atoms with Crippen LogP contribution in [0.3, 0.4) is 0 Å². The van der Waals surface area contributed by atoms with Gasteiger partial charge in [0.1, 0.15) is 0 Å². The first-order chi connectivity index (χ1) is 8.97. The van der Waals surface area contributed by atoms with Gasteiger partial charge in [0.25, 0.3) is 0 Å². The Hall–Kier alpha value is -1.41. The monoisotopic (exact) mass is 269 g/mol. The molecule has 1 aliphatic rings. The van der Waals surface area contributed by atoms with Crippen molar-refractivity contribution in [3.8, 4) is 11.1 Å². The Morgan fingerprint density at radius 3 is 2.47 bits per heavy atom. The fraction of sp³-hybridized carbons (Fsp3) is 0.250. The second-order valence-electron chi connectivity index (χ2n) is 6.10. The van der Waals surface area contributed by atoms with E-state index in [0.29, 0.717) is 0 Å². The van der Waals surface area contributed by atoms with Crippen molar-refractivity contribution in [1.29, 1.82) is 0 Å². The van der Waals surface area contributed by atoms with Gasteiger partial charge in [-0.2, -0.15) is 11.5 Å². The highest BCUT2D eigenvalue weighted by atomic mass is 35.5. The van der Waals surface area contributed by atoms with E-state index in [2.05, 4.69) is 62.4 Å². The SMILES string of the molecule is CC(C)(C)c1ccc2c(c1)-c1ccccc1B(Cl)N2. The molecule has 0 saturated heterocycles. The maximum Gasteiger partial charge on any atom is 0.393 e. The molecule has 1 N–H and O–H groups in total. The molecule has 0 spiro atoms. The highest BCUT2D eigenvalue weighted by molar-refractivity contribution is 7.16. The van der Waals surface area contributed by atoms with Crippen LogP contribution in [0.25, 0.3) is 11.1 Å². The van der Waals surface area contributed by atoms with Crippen molar-refractivity contribution >= 4 is 28.9 Å². The minimum atomic E-state index is -0.149. The van der Waals surface area contributed by atoms with E-state index in [1.807, 2.05) is 6.07 Å². The summed E-state index contributed by atoms with van der Waals surface area (Å²) >= 11 is 6.39. The Morgan fingerprint density at radius 1 is 1.00 bits per heavy atom. The third-order valence-corrected chi connectivity index (χ3v) is 4.04. The van der Waals surface area contributed by atoms with Gasteiger partial charge < -0.3 is 5.23 Å². The van der Waals surface area contributed by atoms with Crippen molar-refractivity contribution in [2.45, 2.75) is 26.2 Å². The molecule has 0 fully saturated rings. The molecule has 0 amide bonds. The maximum absolute atomic E-state index is 6.39. The van der Waals surface area contributed by atoms with Gasteiger partial charge in [0.15, 0.2) is 0 Å². The molecular formula is C16H17BClN. The largest absolute Gasteiger partial charge is 0.410 e. The fourth-order valence-corrected chi connectivity index (χ4v) is 2.84. The number of hydrogen-bond acceptors (Lipinski definition) is 1. The second-order valence-corrected chi connectivity index (χ2v) is 6.54. The van der Waals surface area contributed by atoms with Gasteiger partial charge in [-0.3, -0.25) is 0 Å². The van der Waals surface area contributed by atoms with Gasteiger partial charge in [0, 0.05) is 11.3 Å². The number of halogens is 1. The number of anilines is 1. The van der Waals surface area contributed by atoms with Gasteiger partial charge >= 0.3 is 6.26 Å². The van der Waals surface area contributed by atoms with Gasteiger partial charge in [-0.05, 0) is 34.1 Å². The molecule has 0 unspecified atom stereocenters. The van der Waals surface area contributed by atoms with E-state index in [1.54, 1.807) is 0 Å². The Morgan fingerprint density at radius 2 is 1.74 bits per heavy atom. The summed E-state index contributed by atoms with van der Waals surface area (Å²) < 4.78 is 0. The summed E-state index contributed by atoms with van der Waals surface area (Å²) in [4.78, 5) is 0. The lowest BCUT2D eigenvalue weighted by atomic mass is 9.71. The van der Waals surface area contributed by atoms with E-state index in [4.69, 9.17) is 11.5 Å². The van der Waals surface area contributed by atoms with E-state index in [0.717, 1.165) is 11.2 Å². The minimum absolute atomic E-state index is 0.149. The molecule has 2 aromatic rings. The van der Waals surface area contributed by atoms with E-state index >= 15 is 0 Å². The fourth-order valence-electron chi connectivity index (χ4n) is 2.54. The van der Waals surface area contributed by atoms with Crippen LogP contribution >= 0.6 is 11.5 Å². The molecule has 0 aromatic heterocycles. The van der Waals surface area contributed by atoms with Gasteiger partial charge in [-0.1, -0.05) is 51.1 Å². The van der Waals surface area contributed by atoms with Gasteiger partial charge in [-0.15, -0.1) is 0 Å². The average Bonchev–Trinajstić information content (AvgIpc) is 2.37. The van der Waals surface area contributed by atoms with E-state index in [-0.39, 0.29) is 11.7 Å². The van der Waals surface area contributed by atoms with E-state index in [9.17, 15) is 0 Å². The van der Waals surface area contributed by atoms with E-state index in [1.165, 1.54) is 16.7 Å². The maximum atomic E-state index is 6.39. The third-order valence-electron chi connectivity index (χ3n) is 3.69. The van der Waals surface area contributed by atoms with Crippen molar-refractivity contribution in [2.24, 2.45) is 0 Å². The van der Waals surface area contributed by atoms with Gasteiger partial charge in [0.2, 0.25) is 0 Å². The Kier molecular flexibility index (Phi) is 2.86.